The summed E-state index contributed by atoms with van der Waals surface area (Å²) in [6, 6.07) is 4.26. The molecule has 27 heavy (non-hydrogen) atoms. The van der Waals surface area contributed by atoms with Gasteiger partial charge in [-0.3, -0.25) is 9.59 Å². The summed E-state index contributed by atoms with van der Waals surface area (Å²) in [7, 11) is 0. The number of carboxylic acid groups (broad SMARTS) is 1. The number of carbonyl (C=O) groups is 2. The van der Waals surface area contributed by atoms with Gasteiger partial charge in [-0.2, -0.15) is 0 Å². The predicted octanol–water partition coefficient (Wildman–Crippen LogP) is 3.26. The Balaban J connectivity index is 1.35. The summed E-state index contributed by atoms with van der Waals surface area (Å²) in [6.07, 6.45) is 8.49. The van der Waals surface area contributed by atoms with Gasteiger partial charge in [0.1, 0.15) is 5.82 Å². The van der Waals surface area contributed by atoms with Crippen LogP contribution in [0.2, 0.25) is 0 Å². The largest absolute Gasteiger partial charge is 0.481 e. The fourth-order valence-corrected chi connectivity index (χ4v) is 4.10. The van der Waals surface area contributed by atoms with E-state index in [1.807, 2.05) is 4.90 Å². The Bertz CT molecular complexity index is 654. The van der Waals surface area contributed by atoms with E-state index in [0.717, 1.165) is 76.1 Å². The lowest BCUT2D eigenvalue weighted by Gasteiger charge is -2.32. The van der Waals surface area contributed by atoms with Gasteiger partial charge in [0.15, 0.2) is 0 Å². The predicted molar refractivity (Wildman–Crippen MR) is 105 cm³/mol. The number of aromatic nitrogens is 1. The molecule has 2 N–H and O–H groups in total. The van der Waals surface area contributed by atoms with Gasteiger partial charge in [-0.05, 0) is 68.9 Å². The van der Waals surface area contributed by atoms with Gasteiger partial charge in [0.05, 0.1) is 0 Å². The standard InChI is InChI=1S/C21H31N3O3/c25-19(24-14-11-16(12-15-24)4-1-8-20(26)27)7-2-6-18-10-9-17-5-3-13-22-21(17)23-18/h9-10,16H,1-8,11-15H2,(H,22,23)(H,26,27). The van der Waals surface area contributed by atoms with Crippen LogP contribution in [0.15, 0.2) is 12.1 Å². The molecule has 148 valence electrons. The number of pyridine rings is 1. The number of likely N-dealkylation sites (tertiary alicyclic amines) is 1. The number of aryl methyl sites for hydroxylation is 2. The minimum absolute atomic E-state index is 0.245. The van der Waals surface area contributed by atoms with Gasteiger partial charge in [-0.1, -0.05) is 6.07 Å². The van der Waals surface area contributed by atoms with E-state index in [-0.39, 0.29) is 12.3 Å². The quantitative estimate of drug-likeness (QED) is 0.731. The zero-order valence-electron chi connectivity index (χ0n) is 16.1. The molecule has 3 heterocycles. The molecule has 1 aromatic heterocycles. The van der Waals surface area contributed by atoms with Crippen molar-refractivity contribution in [2.24, 2.45) is 5.92 Å². The number of fused-ring (bicyclic) bond motifs is 1. The Morgan fingerprint density at radius 3 is 2.78 bits per heavy atom. The second-order valence-electron chi connectivity index (χ2n) is 7.80. The van der Waals surface area contributed by atoms with E-state index >= 15 is 0 Å². The molecule has 1 aromatic rings. The van der Waals surface area contributed by atoms with E-state index in [4.69, 9.17) is 10.1 Å². The van der Waals surface area contributed by atoms with Crippen molar-refractivity contribution < 1.29 is 14.7 Å². The van der Waals surface area contributed by atoms with Gasteiger partial charge in [0.25, 0.3) is 0 Å². The fraction of sp³-hybridized carbons (Fsp3) is 0.667. The SMILES string of the molecule is O=C(O)CCCC1CCN(C(=O)CCCc2ccc3c(n2)NCCC3)CC1. The first-order valence-corrected chi connectivity index (χ1v) is 10.3. The highest BCUT2D eigenvalue weighted by Crippen LogP contribution is 2.24. The molecule has 1 fully saturated rings. The summed E-state index contributed by atoms with van der Waals surface area (Å²) < 4.78 is 0. The number of carbonyl (C=O) groups excluding carboxylic acids is 1. The molecule has 0 aliphatic carbocycles. The van der Waals surface area contributed by atoms with Crippen molar-refractivity contribution in [2.75, 3.05) is 25.0 Å². The lowest BCUT2D eigenvalue weighted by molar-refractivity contribution is -0.137. The number of rotatable bonds is 8. The van der Waals surface area contributed by atoms with Gasteiger partial charge in [-0.25, -0.2) is 4.98 Å². The first kappa shape index (κ1) is 19.6. The highest BCUT2D eigenvalue weighted by Gasteiger charge is 2.22. The number of nitrogens with one attached hydrogen (secondary N) is 1. The van der Waals surface area contributed by atoms with Crippen LogP contribution in [0, 0.1) is 5.92 Å². The van der Waals surface area contributed by atoms with Crippen molar-refractivity contribution in [3.63, 3.8) is 0 Å². The van der Waals surface area contributed by atoms with Gasteiger partial charge >= 0.3 is 5.97 Å². The van der Waals surface area contributed by atoms with Gasteiger partial charge < -0.3 is 15.3 Å². The van der Waals surface area contributed by atoms with Crippen LogP contribution in [0.1, 0.15) is 62.6 Å². The molecule has 1 saturated heterocycles. The first-order valence-electron chi connectivity index (χ1n) is 10.3. The molecule has 2 aliphatic heterocycles. The minimum atomic E-state index is -0.716. The Morgan fingerprint density at radius 1 is 1.19 bits per heavy atom. The van der Waals surface area contributed by atoms with Crippen LogP contribution < -0.4 is 5.32 Å². The van der Waals surface area contributed by atoms with Gasteiger partial charge in [0, 0.05) is 38.2 Å². The second kappa shape index (κ2) is 9.72. The van der Waals surface area contributed by atoms with Crippen molar-refractivity contribution >= 4 is 17.7 Å². The summed E-state index contributed by atoms with van der Waals surface area (Å²) in [6.45, 7) is 2.63. The Labute approximate surface area is 161 Å². The summed E-state index contributed by atoms with van der Waals surface area (Å²) in [4.78, 5) is 29.7. The Hall–Kier alpha value is -2.11. The van der Waals surface area contributed by atoms with Crippen LogP contribution in [-0.2, 0) is 22.4 Å². The summed E-state index contributed by atoms with van der Waals surface area (Å²) in [5.74, 6) is 1.12. The lowest BCUT2D eigenvalue weighted by atomic mass is 9.91. The number of nitrogens with zero attached hydrogens (tertiary/aromatic N) is 2. The van der Waals surface area contributed by atoms with Crippen LogP contribution in [0.3, 0.4) is 0 Å². The molecule has 6 heteroatoms. The molecule has 2 aliphatic rings. The second-order valence-corrected chi connectivity index (χ2v) is 7.80. The molecule has 3 rings (SSSR count). The molecule has 0 aromatic carbocycles. The normalized spacial score (nSPS) is 17.3. The minimum Gasteiger partial charge on any atom is -0.481 e. The number of anilines is 1. The van der Waals surface area contributed by atoms with Crippen LogP contribution in [0.4, 0.5) is 5.82 Å². The smallest absolute Gasteiger partial charge is 0.303 e. The Kier molecular flexibility index (Phi) is 7.07. The number of amides is 1. The van der Waals surface area contributed by atoms with Crippen LogP contribution in [-0.4, -0.2) is 46.5 Å². The monoisotopic (exact) mass is 373 g/mol. The third kappa shape index (κ3) is 5.94. The molecule has 0 bridgehead atoms. The zero-order valence-corrected chi connectivity index (χ0v) is 16.1. The maximum Gasteiger partial charge on any atom is 0.303 e. The maximum absolute atomic E-state index is 12.4. The van der Waals surface area contributed by atoms with E-state index in [0.29, 0.717) is 12.3 Å². The van der Waals surface area contributed by atoms with E-state index in [1.165, 1.54) is 12.0 Å². The van der Waals surface area contributed by atoms with Crippen molar-refractivity contribution in [3.8, 4) is 0 Å². The summed E-state index contributed by atoms with van der Waals surface area (Å²) in [5, 5.41) is 12.1. The molecular formula is C21H31N3O3. The zero-order chi connectivity index (χ0) is 19.1. The van der Waals surface area contributed by atoms with E-state index < -0.39 is 5.97 Å². The molecule has 6 nitrogen and oxygen atoms in total. The summed E-state index contributed by atoms with van der Waals surface area (Å²) >= 11 is 0. The third-order valence-corrected chi connectivity index (χ3v) is 5.75. The van der Waals surface area contributed by atoms with Crippen molar-refractivity contribution in [2.45, 2.75) is 64.2 Å². The lowest BCUT2D eigenvalue weighted by Crippen LogP contribution is -2.38. The van der Waals surface area contributed by atoms with Gasteiger partial charge in [-0.15, -0.1) is 0 Å². The van der Waals surface area contributed by atoms with Crippen LogP contribution in [0.25, 0.3) is 0 Å². The first-order chi connectivity index (χ1) is 13.1. The molecule has 0 atom stereocenters. The molecular weight excluding hydrogens is 342 g/mol. The number of aliphatic carboxylic acids is 1. The van der Waals surface area contributed by atoms with E-state index in [1.54, 1.807) is 0 Å². The third-order valence-electron chi connectivity index (χ3n) is 5.75. The molecule has 0 unspecified atom stereocenters. The summed E-state index contributed by atoms with van der Waals surface area (Å²) in [5.41, 5.74) is 2.36. The number of hydrogen-bond donors (Lipinski definition) is 2. The average molecular weight is 373 g/mol. The van der Waals surface area contributed by atoms with Crippen molar-refractivity contribution in [1.29, 1.82) is 0 Å². The molecule has 0 radical (unpaired) electrons. The fourth-order valence-electron chi connectivity index (χ4n) is 4.10. The van der Waals surface area contributed by atoms with Gasteiger partial charge in [0.2, 0.25) is 5.91 Å². The van der Waals surface area contributed by atoms with Crippen molar-refractivity contribution in [1.82, 2.24) is 9.88 Å². The Morgan fingerprint density at radius 2 is 2.00 bits per heavy atom. The van der Waals surface area contributed by atoms with Crippen LogP contribution in [0.5, 0.6) is 0 Å². The maximum atomic E-state index is 12.4. The highest BCUT2D eigenvalue weighted by molar-refractivity contribution is 5.76. The number of hydrogen-bond acceptors (Lipinski definition) is 4. The topological polar surface area (TPSA) is 82.5 Å². The van der Waals surface area contributed by atoms with E-state index in [2.05, 4.69) is 17.4 Å². The van der Waals surface area contributed by atoms with Crippen molar-refractivity contribution in [3.05, 3.63) is 23.4 Å². The molecule has 1 amide bonds. The van der Waals surface area contributed by atoms with Crippen LogP contribution >= 0.6 is 0 Å². The number of piperidine rings is 1. The molecule has 0 saturated carbocycles. The average Bonchev–Trinajstić information content (AvgIpc) is 2.68. The highest BCUT2D eigenvalue weighted by atomic mass is 16.4. The van der Waals surface area contributed by atoms with E-state index in [9.17, 15) is 9.59 Å². The number of carboxylic acids is 1. The molecule has 0 spiro atoms.